The number of hydrogen-bond donors (Lipinski definition) is 4. The lowest BCUT2D eigenvalue weighted by molar-refractivity contribution is -0.0115. The van der Waals surface area contributed by atoms with Gasteiger partial charge in [0.15, 0.2) is 11.5 Å². The number of urea groups is 2. The van der Waals surface area contributed by atoms with Crippen LogP contribution in [0.25, 0.3) is 0 Å². The number of likely N-dealkylation sites (N-methyl/N-ethyl adjacent to an activating group) is 1. The molecule has 4 atom stereocenters. The second-order valence-electron chi connectivity index (χ2n) is 13.2. The van der Waals surface area contributed by atoms with Crippen LogP contribution < -0.4 is 34.9 Å². The van der Waals surface area contributed by atoms with E-state index < -0.39 is 18.2 Å². The zero-order chi connectivity index (χ0) is 37.2. The Hall–Kier alpha value is -5.21. The van der Waals surface area contributed by atoms with Gasteiger partial charge < -0.3 is 54.5 Å². The van der Waals surface area contributed by atoms with Crippen LogP contribution in [0.1, 0.15) is 50.4 Å². The first-order valence-electron chi connectivity index (χ1n) is 17.5. The highest BCUT2D eigenvalue weighted by molar-refractivity contribution is 6.02. The van der Waals surface area contributed by atoms with E-state index in [2.05, 4.69) is 16.0 Å². The maximum Gasteiger partial charge on any atom is 0.323 e. The van der Waals surface area contributed by atoms with Crippen LogP contribution in [-0.4, -0.2) is 98.4 Å². The number of aliphatic hydroxyl groups excluding tert-OH is 1. The molecule has 0 bridgehead atoms. The van der Waals surface area contributed by atoms with Gasteiger partial charge in [0, 0.05) is 55.8 Å². The summed E-state index contributed by atoms with van der Waals surface area (Å²) in [6.45, 7) is 6.47. The maximum atomic E-state index is 14.4. The zero-order valence-electron chi connectivity index (χ0n) is 30.3. The van der Waals surface area contributed by atoms with Gasteiger partial charge >= 0.3 is 12.1 Å². The van der Waals surface area contributed by atoms with E-state index in [1.165, 1.54) is 0 Å². The van der Waals surface area contributed by atoms with Crippen molar-refractivity contribution in [3.8, 4) is 23.0 Å². The second-order valence-corrected chi connectivity index (χ2v) is 13.2. The Morgan fingerprint density at radius 3 is 2.33 bits per heavy atom. The van der Waals surface area contributed by atoms with Crippen LogP contribution in [0.3, 0.4) is 0 Å². The molecule has 4 N–H and O–H groups in total. The van der Waals surface area contributed by atoms with Crippen LogP contribution in [-0.2, 0) is 4.74 Å². The Balaban J connectivity index is 1.34. The number of carbonyl (C=O) groups excluding carboxylic acids is 3. The van der Waals surface area contributed by atoms with Crippen molar-refractivity contribution in [1.82, 2.24) is 9.80 Å². The molecule has 0 saturated heterocycles. The number of methoxy groups -OCH3 is 1. The number of ether oxygens (including phenoxy) is 5. The molecule has 0 aliphatic carbocycles. The monoisotopic (exact) mass is 719 g/mol. The highest BCUT2D eigenvalue weighted by atomic mass is 16.7. The van der Waals surface area contributed by atoms with Gasteiger partial charge in [-0.3, -0.25) is 4.79 Å². The van der Waals surface area contributed by atoms with E-state index in [-0.39, 0.29) is 56.0 Å². The molecule has 0 unspecified atom stereocenters. The predicted octanol–water partition coefficient (Wildman–Crippen LogP) is 6.03. The topological polar surface area (TPSA) is 160 Å². The smallest absolute Gasteiger partial charge is 0.323 e. The fourth-order valence-corrected chi connectivity index (χ4v) is 5.98. The van der Waals surface area contributed by atoms with E-state index in [1.54, 1.807) is 91.5 Å². The number of nitrogens with one attached hydrogen (secondary N) is 3. The normalized spacial score (nSPS) is 19.7. The number of anilines is 3. The average molecular weight is 720 g/mol. The summed E-state index contributed by atoms with van der Waals surface area (Å²) in [5.74, 6) is 1.57. The molecule has 0 radical (unpaired) electrons. The highest BCUT2D eigenvalue weighted by Crippen LogP contribution is 2.34. The van der Waals surface area contributed by atoms with Gasteiger partial charge in [-0.2, -0.15) is 0 Å². The number of benzene rings is 3. The van der Waals surface area contributed by atoms with Crippen LogP contribution in [0.2, 0.25) is 0 Å². The van der Waals surface area contributed by atoms with Crippen molar-refractivity contribution in [2.75, 3.05) is 63.2 Å². The molecule has 0 spiro atoms. The summed E-state index contributed by atoms with van der Waals surface area (Å²) >= 11 is 0. The van der Waals surface area contributed by atoms with Crippen LogP contribution in [0.5, 0.6) is 23.0 Å². The molecule has 2 aliphatic heterocycles. The van der Waals surface area contributed by atoms with E-state index >= 15 is 0 Å². The molecule has 3 aromatic rings. The molecule has 2 heterocycles. The summed E-state index contributed by atoms with van der Waals surface area (Å²) in [5.41, 5.74) is 1.75. The number of hydrogen-bond acceptors (Lipinski definition) is 9. The quantitative estimate of drug-likeness (QED) is 0.218. The molecule has 3 aromatic carbocycles. The molecule has 2 aliphatic rings. The summed E-state index contributed by atoms with van der Waals surface area (Å²) in [6, 6.07) is 15.7. The highest BCUT2D eigenvalue weighted by Gasteiger charge is 2.31. The van der Waals surface area contributed by atoms with E-state index in [0.29, 0.717) is 46.7 Å². The molecule has 0 aromatic heterocycles. The Kier molecular flexibility index (Phi) is 13.0. The van der Waals surface area contributed by atoms with Gasteiger partial charge in [0.05, 0.1) is 37.5 Å². The molecule has 14 nitrogen and oxygen atoms in total. The molecule has 52 heavy (non-hydrogen) atoms. The molecular weight excluding hydrogens is 670 g/mol. The summed E-state index contributed by atoms with van der Waals surface area (Å²) in [4.78, 5) is 43.8. The molecular formula is C38H49N5O9. The Bertz CT molecular complexity index is 1690. The number of aliphatic hydroxyl groups is 1. The van der Waals surface area contributed by atoms with Crippen molar-refractivity contribution in [3.05, 3.63) is 66.2 Å². The lowest BCUT2D eigenvalue weighted by Gasteiger charge is -2.35. The fourth-order valence-electron chi connectivity index (χ4n) is 5.98. The first kappa shape index (κ1) is 38.0. The SMILES string of the molecule is COc1ccc(NC(=O)N(C)C[C@H]2OCCCC[C@@H](C)Oc3ccc(NC(=O)Nc4ccc5c(c4)OCO5)cc3C(=O)N([C@@H](C)CO)C[C@H]2C)cc1. The van der Waals surface area contributed by atoms with Crippen molar-refractivity contribution >= 4 is 35.0 Å². The first-order chi connectivity index (χ1) is 25.0. The molecule has 5 rings (SSSR count). The number of fused-ring (bicyclic) bond motifs is 2. The van der Waals surface area contributed by atoms with E-state index in [1.807, 2.05) is 13.8 Å². The molecule has 0 fully saturated rings. The van der Waals surface area contributed by atoms with Gasteiger partial charge in [0.1, 0.15) is 11.5 Å². The van der Waals surface area contributed by atoms with Gasteiger partial charge in [-0.1, -0.05) is 6.92 Å². The molecule has 0 saturated carbocycles. The molecule has 5 amide bonds. The zero-order valence-corrected chi connectivity index (χ0v) is 30.3. The van der Waals surface area contributed by atoms with Gasteiger partial charge in [-0.15, -0.1) is 0 Å². The summed E-state index contributed by atoms with van der Waals surface area (Å²) in [5, 5.41) is 18.8. The van der Waals surface area contributed by atoms with Gasteiger partial charge in [-0.05, 0) is 87.7 Å². The van der Waals surface area contributed by atoms with E-state index in [9.17, 15) is 19.5 Å². The largest absolute Gasteiger partial charge is 0.497 e. The fraction of sp³-hybridized carbons (Fsp3) is 0.447. The Morgan fingerprint density at radius 2 is 1.62 bits per heavy atom. The minimum absolute atomic E-state index is 0.118. The number of rotatable bonds is 8. The van der Waals surface area contributed by atoms with Crippen LogP contribution in [0, 0.1) is 5.92 Å². The Labute approximate surface area is 304 Å². The molecule has 280 valence electrons. The number of carbonyl (C=O) groups is 3. The first-order valence-corrected chi connectivity index (χ1v) is 17.5. The minimum Gasteiger partial charge on any atom is -0.497 e. The third-order valence-electron chi connectivity index (χ3n) is 9.08. The summed E-state index contributed by atoms with van der Waals surface area (Å²) in [7, 11) is 3.28. The average Bonchev–Trinajstić information content (AvgIpc) is 3.61. The van der Waals surface area contributed by atoms with Gasteiger partial charge in [-0.25, -0.2) is 9.59 Å². The van der Waals surface area contributed by atoms with E-state index in [4.69, 9.17) is 23.7 Å². The van der Waals surface area contributed by atoms with Crippen molar-refractivity contribution < 1.29 is 43.2 Å². The predicted molar refractivity (Wildman–Crippen MR) is 197 cm³/mol. The number of amides is 5. The van der Waals surface area contributed by atoms with Crippen LogP contribution in [0.15, 0.2) is 60.7 Å². The van der Waals surface area contributed by atoms with Gasteiger partial charge in [0.25, 0.3) is 5.91 Å². The van der Waals surface area contributed by atoms with Crippen molar-refractivity contribution in [2.45, 2.75) is 58.3 Å². The summed E-state index contributed by atoms with van der Waals surface area (Å²) in [6.07, 6.45) is 1.69. The van der Waals surface area contributed by atoms with Crippen LogP contribution in [0.4, 0.5) is 26.7 Å². The maximum absolute atomic E-state index is 14.4. The van der Waals surface area contributed by atoms with Crippen LogP contribution >= 0.6 is 0 Å². The number of nitrogens with zero attached hydrogens (tertiary/aromatic N) is 2. The lowest BCUT2D eigenvalue weighted by atomic mass is 10.0. The standard InChI is InChI=1S/C38H49N5O9/c1-24-20-43(25(2)22-44)36(45)31-18-28(39-37(46)40-29-12-16-33-34(19-29)51-23-50-33)11-15-32(31)52-26(3)8-6-7-17-49-35(24)21-42(4)38(47)41-27-9-13-30(48-5)14-10-27/h9-16,18-19,24-26,35,44H,6-8,17,20-23H2,1-5H3,(H,41,47)(H2,39,40,46)/t24-,25+,26-,35-/m1/s1. The van der Waals surface area contributed by atoms with Gasteiger partial charge in [0.2, 0.25) is 6.79 Å². The molecule has 14 heteroatoms. The minimum atomic E-state index is -0.559. The van der Waals surface area contributed by atoms with E-state index in [0.717, 1.165) is 19.3 Å². The summed E-state index contributed by atoms with van der Waals surface area (Å²) < 4.78 is 28.6. The Morgan fingerprint density at radius 1 is 0.942 bits per heavy atom. The van der Waals surface area contributed by atoms with Crippen molar-refractivity contribution in [1.29, 1.82) is 0 Å². The third-order valence-corrected chi connectivity index (χ3v) is 9.08. The van der Waals surface area contributed by atoms with Crippen molar-refractivity contribution in [2.24, 2.45) is 5.92 Å². The van der Waals surface area contributed by atoms with Crippen molar-refractivity contribution in [3.63, 3.8) is 0 Å². The third kappa shape index (κ3) is 9.98. The lowest BCUT2D eigenvalue weighted by Crippen LogP contribution is -2.48. The second kappa shape index (κ2) is 17.8.